The predicted octanol–water partition coefficient (Wildman–Crippen LogP) is 2.31. The van der Waals surface area contributed by atoms with E-state index in [2.05, 4.69) is 10.2 Å². The number of nitrogens with one attached hydrogen (secondary N) is 1. The topological polar surface area (TPSA) is 75.4 Å². The molecule has 3 fully saturated rings. The van der Waals surface area contributed by atoms with E-state index in [1.807, 2.05) is 0 Å². The number of Topliss-reactive ketones (excluding diaryl/α,β-unsaturated/α-hetero) is 1. The molecule has 1 saturated carbocycles. The van der Waals surface area contributed by atoms with Crippen LogP contribution in [-0.4, -0.2) is 47.8 Å². The molecule has 164 valence electrons. The summed E-state index contributed by atoms with van der Waals surface area (Å²) >= 11 is 0. The lowest BCUT2D eigenvalue weighted by Crippen LogP contribution is -2.50. The summed E-state index contributed by atoms with van der Waals surface area (Å²) in [4.78, 5) is 26.3. The molecule has 30 heavy (non-hydrogen) atoms. The smallest absolute Gasteiger partial charge is 0.223 e. The van der Waals surface area contributed by atoms with Gasteiger partial charge in [-0.2, -0.15) is 0 Å². The highest BCUT2D eigenvalue weighted by molar-refractivity contribution is 5.88. The van der Waals surface area contributed by atoms with Gasteiger partial charge in [0, 0.05) is 30.1 Å². The van der Waals surface area contributed by atoms with Gasteiger partial charge in [0.2, 0.25) is 5.91 Å². The van der Waals surface area contributed by atoms with E-state index in [0.29, 0.717) is 12.6 Å². The predicted molar refractivity (Wildman–Crippen MR) is 105 cm³/mol. The average Bonchev–Trinajstić information content (AvgIpc) is 3.52. The van der Waals surface area contributed by atoms with Crippen LogP contribution < -0.4 is 11.1 Å². The second kappa shape index (κ2) is 8.67. The fourth-order valence-electron chi connectivity index (χ4n) is 5.00. The van der Waals surface area contributed by atoms with Gasteiger partial charge in [-0.3, -0.25) is 14.5 Å². The lowest BCUT2D eigenvalue weighted by molar-refractivity contribution is -0.126. The molecule has 1 aromatic rings. The maximum Gasteiger partial charge on any atom is 0.223 e. The van der Waals surface area contributed by atoms with Crippen LogP contribution in [-0.2, 0) is 16.0 Å². The van der Waals surface area contributed by atoms with Gasteiger partial charge in [0.25, 0.3) is 0 Å². The Kier molecular flexibility index (Phi) is 6.16. The van der Waals surface area contributed by atoms with E-state index in [1.54, 1.807) is 0 Å². The zero-order valence-electron chi connectivity index (χ0n) is 16.9. The number of ketones is 1. The summed E-state index contributed by atoms with van der Waals surface area (Å²) < 4.78 is 40.6. The fourth-order valence-corrected chi connectivity index (χ4v) is 5.00. The van der Waals surface area contributed by atoms with Gasteiger partial charge in [-0.15, -0.1) is 0 Å². The summed E-state index contributed by atoms with van der Waals surface area (Å²) in [5.41, 5.74) is 6.43. The molecular weight excluding hydrogens is 395 g/mol. The number of carbonyl (C=O) groups excluding carboxylic acids is 2. The van der Waals surface area contributed by atoms with Crippen LogP contribution in [0.15, 0.2) is 12.1 Å². The maximum atomic E-state index is 14.0. The van der Waals surface area contributed by atoms with Crippen molar-refractivity contribution < 1.29 is 22.8 Å². The van der Waals surface area contributed by atoms with Crippen molar-refractivity contribution in [3.8, 4) is 0 Å². The molecular formula is C22H28F3N3O2. The lowest BCUT2D eigenvalue weighted by atomic mass is 9.82. The number of benzene rings is 1. The number of carbonyl (C=O) groups is 2. The summed E-state index contributed by atoms with van der Waals surface area (Å²) in [6.45, 7) is 0.393. The Morgan fingerprint density at radius 3 is 2.30 bits per heavy atom. The van der Waals surface area contributed by atoms with Crippen molar-refractivity contribution in [2.24, 2.45) is 17.6 Å². The van der Waals surface area contributed by atoms with Gasteiger partial charge >= 0.3 is 0 Å². The number of hydrogen-bond donors (Lipinski definition) is 2. The van der Waals surface area contributed by atoms with Crippen molar-refractivity contribution >= 4 is 11.7 Å². The van der Waals surface area contributed by atoms with Gasteiger partial charge in [0.1, 0.15) is 5.82 Å². The van der Waals surface area contributed by atoms with Crippen molar-refractivity contribution in [1.29, 1.82) is 0 Å². The SMILES string of the molecule is N[C@H](Cc1cc(F)c(F)cc1F)C1CC2CC[C@H](C1)N2CC(=O)CNC(=O)C1CC1. The first-order valence-corrected chi connectivity index (χ1v) is 10.8. The normalized spacial score (nSPS) is 27.1. The Bertz CT molecular complexity index is 816. The molecule has 5 nitrogen and oxygen atoms in total. The molecule has 0 aromatic heterocycles. The minimum atomic E-state index is -1.20. The molecule has 1 amide bonds. The molecule has 2 saturated heterocycles. The number of fused-ring (bicyclic) bond motifs is 2. The first-order valence-electron chi connectivity index (χ1n) is 10.8. The largest absolute Gasteiger partial charge is 0.349 e. The number of halogens is 3. The number of piperidine rings is 1. The van der Waals surface area contributed by atoms with E-state index in [0.717, 1.165) is 44.6 Å². The molecule has 2 aliphatic heterocycles. The van der Waals surface area contributed by atoms with Crippen LogP contribution in [0.25, 0.3) is 0 Å². The molecule has 0 radical (unpaired) electrons. The zero-order chi connectivity index (χ0) is 21.4. The van der Waals surface area contributed by atoms with E-state index in [9.17, 15) is 22.8 Å². The van der Waals surface area contributed by atoms with Crippen LogP contribution >= 0.6 is 0 Å². The number of amides is 1. The van der Waals surface area contributed by atoms with E-state index in [-0.39, 0.29) is 60.2 Å². The van der Waals surface area contributed by atoms with Crippen LogP contribution in [0.2, 0.25) is 0 Å². The van der Waals surface area contributed by atoms with Gasteiger partial charge < -0.3 is 11.1 Å². The van der Waals surface area contributed by atoms with E-state index in [1.165, 1.54) is 0 Å². The highest BCUT2D eigenvalue weighted by atomic mass is 19.2. The fraction of sp³-hybridized carbons (Fsp3) is 0.636. The van der Waals surface area contributed by atoms with Crippen LogP contribution in [0.3, 0.4) is 0 Å². The quantitative estimate of drug-likeness (QED) is 0.630. The number of nitrogens with two attached hydrogens (primary N) is 1. The first kappa shape index (κ1) is 21.3. The number of rotatable bonds is 8. The highest BCUT2D eigenvalue weighted by Crippen LogP contribution is 2.40. The summed E-state index contributed by atoms with van der Waals surface area (Å²) in [5.74, 6) is -2.84. The van der Waals surface area contributed by atoms with Crippen LogP contribution in [0.1, 0.15) is 44.1 Å². The number of nitrogens with zero attached hydrogens (tertiary/aromatic N) is 1. The van der Waals surface area contributed by atoms with E-state index < -0.39 is 17.5 Å². The van der Waals surface area contributed by atoms with Crippen LogP contribution in [0.4, 0.5) is 13.2 Å². The van der Waals surface area contributed by atoms with E-state index >= 15 is 0 Å². The lowest BCUT2D eigenvalue weighted by Gasteiger charge is -2.40. The minimum Gasteiger partial charge on any atom is -0.349 e. The van der Waals surface area contributed by atoms with Crippen molar-refractivity contribution in [2.75, 3.05) is 13.1 Å². The molecule has 1 aliphatic carbocycles. The molecule has 2 heterocycles. The third-order valence-electron chi connectivity index (χ3n) is 6.84. The standard InChI is InChI=1S/C22H28F3N3O2/c23-18-9-20(25)19(24)7-13(18)8-21(26)14-5-15-3-4-16(6-14)28(15)11-17(29)10-27-22(30)12-1-2-12/h7,9,12,14-16,21H,1-6,8,10-11,26H2,(H,27,30)/t14?,15-,16?,21-/m1/s1. The van der Waals surface area contributed by atoms with Gasteiger partial charge in [0.05, 0.1) is 13.1 Å². The Balaban J connectivity index is 1.30. The highest BCUT2D eigenvalue weighted by Gasteiger charge is 2.43. The molecule has 4 atom stereocenters. The molecule has 0 spiro atoms. The Morgan fingerprint density at radius 1 is 1.03 bits per heavy atom. The van der Waals surface area contributed by atoms with Crippen molar-refractivity contribution in [2.45, 2.75) is 63.1 Å². The average molecular weight is 423 g/mol. The molecule has 1 aromatic carbocycles. The molecule has 3 aliphatic rings. The van der Waals surface area contributed by atoms with Gasteiger partial charge in [-0.1, -0.05) is 0 Å². The first-order chi connectivity index (χ1) is 14.3. The maximum absolute atomic E-state index is 14.0. The Morgan fingerprint density at radius 2 is 1.67 bits per heavy atom. The van der Waals surface area contributed by atoms with Crippen molar-refractivity contribution in [1.82, 2.24) is 10.2 Å². The monoisotopic (exact) mass is 423 g/mol. The number of hydrogen-bond acceptors (Lipinski definition) is 4. The second-order valence-electron chi connectivity index (χ2n) is 9.05. The Hall–Kier alpha value is -1.93. The van der Waals surface area contributed by atoms with Crippen LogP contribution in [0, 0.1) is 29.3 Å². The molecule has 2 bridgehead atoms. The zero-order valence-corrected chi connectivity index (χ0v) is 16.9. The molecule has 3 N–H and O–H groups in total. The van der Waals surface area contributed by atoms with Gasteiger partial charge in [0.15, 0.2) is 17.4 Å². The Labute approximate surface area is 174 Å². The summed E-state index contributed by atoms with van der Waals surface area (Å²) in [7, 11) is 0. The minimum absolute atomic E-state index is 0.00695. The molecule has 8 heteroatoms. The molecule has 4 rings (SSSR count). The van der Waals surface area contributed by atoms with Gasteiger partial charge in [-0.25, -0.2) is 13.2 Å². The summed E-state index contributed by atoms with van der Waals surface area (Å²) in [6.07, 6.45) is 5.53. The van der Waals surface area contributed by atoms with E-state index in [4.69, 9.17) is 5.73 Å². The van der Waals surface area contributed by atoms with Crippen molar-refractivity contribution in [3.05, 3.63) is 35.1 Å². The molecule has 2 unspecified atom stereocenters. The van der Waals surface area contributed by atoms with Gasteiger partial charge in [-0.05, 0) is 62.5 Å². The van der Waals surface area contributed by atoms with Crippen LogP contribution in [0.5, 0.6) is 0 Å². The third kappa shape index (κ3) is 4.70. The second-order valence-corrected chi connectivity index (χ2v) is 9.05. The van der Waals surface area contributed by atoms with Crippen molar-refractivity contribution in [3.63, 3.8) is 0 Å². The summed E-state index contributed by atoms with van der Waals surface area (Å²) in [6, 6.07) is 1.57. The third-order valence-corrected chi connectivity index (χ3v) is 6.84. The summed E-state index contributed by atoms with van der Waals surface area (Å²) in [5, 5.41) is 2.72.